The summed E-state index contributed by atoms with van der Waals surface area (Å²) in [6.07, 6.45) is 15.3. The van der Waals surface area contributed by atoms with Gasteiger partial charge >= 0.3 is 0 Å². The quantitative estimate of drug-likeness (QED) is 0.280. The van der Waals surface area contributed by atoms with Gasteiger partial charge in [-0.1, -0.05) is 31.4 Å². The fraction of sp³-hybridized carbons (Fsp3) is 0.478. The maximum Gasteiger partial charge on any atom is 0.269 e. The Hall–Kier alpha value is -2.54. The van der Waals surface area contributed by atoms with Crippen molar-refractivity contribution in [3.05, 3.63) is 56.7 Å². The van der Waals surface area contributed by atoms with Crippen molar-refractivity contribution in [2.45, 2.75) is 51.0 Å². The number of aromatic nitrogens is 1. The Kier molecular flexibility index (Phi) is 5.37. The number of allylic oxidation sites excluding steroid dienone is 2. The van der Waals surface area contributed by atoms with Gasteiger partial charge in [0.2, 0.25) is 4.80 Å². The van der Waals surface area contributed by atoms with Crippen LogP contribution in [-0.2, 0) is 0 Å². The van der Waals surface area contributed by atoms with E-state index in [0.717, 1.165) is 28.9 Å². The summed E-state index contributed by atoms with van der Waals surface area (Å²) < 4.78 is 1.95. The van der Waals surface area contributed by atoms with Crippen LogP contribution in [0.4, 0.5) is 5.69 Å². The van der Waals surface area contributed by atoms with Crippen LogP contribution >= 0.6 is 11.3 Å². The monoisotopic (exact) mass is 422 g/mol. The lowest BCUT2D eigenvalue weighted by molar-refractivity contribution is -0.384. The molecule has 6 nitrogen and oxygen atoms in total. The topological polar surface area (TPSA) is 72.8 Å². The number of non-ortho nitro benzene ring substituents is 1. The number of fused-ring (bicyclic) bond motifs is 2. The first-order valence-corrected chi connectivity index (χ1v) is 11.8. The summed E-state index contributed by atoms with van der Waals surface area (Å²) in [5, 5.41) is 18.0. The average molecular weight is 423 g/mol. The van der Waals surface area contributed by atoms with Crippen molar-refractivity contribution in [2.75, 3.05) is 0 Å². The van der Waals surface area contributed by atoms with E-state index in [2.05, 4.69) is 23.7 Å². The van der Waals surface area contributed by atoms with E-state index in [1.54, 1.807) is 35.6 Å². The summed E-state index contributed by atoms with van der Waals surface area (Å²) in [5.41, 5.74) is 1.97. The minimum absolute atomic E-state index is 0.102. The molecule has 2 saturated carbocycles. The van der Waals surface area contributed by atoms with Gasteiger partial charge < -0.3 is 0 Å². The maximum atomic E-state index is 11.0. The van der Waals surface area contributed by atoms with Crippen molar-refractivity contribution in [2.24, 2.45) is 27.8 Å². The molecular formula is C23H26N4O2S. The molecule has 0 spiro atoms. The van der Waals surface area contributed by atoms with Gasteiger partial charge in [0.1, 0.15) is 0 Å². The van der Waals surface area contributed by atoms with Gasteiger partial charge in [-0.25, -0.2) is 4.68 Å². The second kappa shape index (κ2) is 8.30. The van der Waals surface area contributed by atoms with Crippen LogP contribution in [0.5, 0.6) is 0 Å². The molecule has 0 N–H and O–H groups in total. The van der Waals surface area contributed by atoms with Crippen LogP contribution in [0.25, 0.3) is 11.3 Å². The molecule has 7 heteroatoms. The zero-order chi connectivity index (χ0) is 20.5. The van der Waals surface area contributed by atoms with Crippen molar-refractivity contribution in [3.8, 4) is 11.3 Å². The molecule has 2 bridgehead atoms. The van der Waals surface area contributed by atoms with E-state index in [4.69, 9.17) is 10.1 Å². The van der Waals surface area contributed by atoms with Crippen LogP contribution in [0.15, 0.2) is 51.9 Å². The zero-order valence-corrected chi connectivity index (χ0v) is 17.7. The zero-order valence-electron chi connectivity index (χ0n) is 16.9. The van der Waals surface area contributed by atoms with Gasteiger partial charge in [-0.15, -0.1) is 11.3 Å². The smallest absolute Gasteiger partial charge is 0.258 e. The molecule has 0 amide bonds. The van der Waals surface area contributed by atoms with Gasteiger partial charge in [-0.05, 0) is 49.7 Å². The summed E-state index contributed by atoms with van der Waals surface area (Å²) in [6, 6.07) is 7.08. The van der Waals surface area contributed by atoms with Gasteiger partial charge in [0.05, 0.1) is 16.7 Å². The standard InChI is InChI=1S/C23H26N4O2S/c28-27(29)21-10-8-17(9-11-21)22-15-30-23(25-20-4-2-1-3-5-20)26(22)24-14-19-13-16-6-7-18(19)12-16/h6-11,14-16,18-20H,1-5,12-13H2. The van der Waals surface area contributed by atoms with Crippen LogP contribution in [-0.4, -0.2) is 21.9 Å². The normalized spacial score (nSPS) is 26.8. The molecule has 3 unspecified atom stereocenters. The minimum atomic E-state index is -0.365. The minimum Gasteiger partial charge on any atom is -0.258 e. The molecule has 156 valence electrons. The van der Waals surface area contributed by atoms with Crippen LogP contribution < -0.4 is 4.80 Å². The summed E-state index contributed by atoms with van der Waals surface area (Å²) >= 11 is 1.61. The molecule has 1 heterocycles. The van der Waals surface area contributed by atoms with Crippen molar-refractivity contribution >= 4 is 23.2 Å². The fourth-order valence-corrected chi connectivity index (χ4v) is 5.87. The number of thiazole rings is 1. The highest BCUT2D eigenvalue weighted by Crippen LogP contribution is 2.42. The highest BCUT2D eigenvalue weighted by Gasteiger charge is 2.34. The van der Waals surface area contributed by atoms with Crippen molar-refractivity contribution in [3.63, 3.8) is 0 Å². The SMILES string of the molecule is O=[N+]([O-])c1ccc(-c2csc(=NC3CCCCC3)n2N=CC2CC3C=CC2C3)cc1. The van der Waals surface area contributed by atoms with Crippen LogP contribution in [0, 0.1) is 27.9 Å². The number of hydrogen-bond donors (Lipinski definition) is 0. The molecule has 3 aliphatic rings. The maximum absolute atomic E-state index is 11.0. The predicted molar refractivity (Wildman–Crippen MR) is 120 cm³/mol. The third-order valence-electron chi connectivity index (χ3n) is 6.63. The molecular weight excluding hydrogens is 396 g/mol. The van der Waals surface area contributed by atoms with Gasteiger partial charge in [0.25, 0.3) is 5.69 Å². The first-order chi connectivity index (χ1) is 14.7. The lowest BCUT2D eigenvalue weighted by Gasteiger charge is -2.17. The Morgan fingerprint density at radius 1 is 1.10 bits per heavy atom. The van der Waals surface area contributed by atoms with Crippen molar-refractivity contribution in [1.82, 2.24) is 4.68 Å². The van der Waals surface area contributed by atoms with Gasteiger partial charge in [-0.2, -0.15) is 5.10 Å². The van der Waals surface area contributed by atoms with E-state index >= 15 is 0 Å². The van der Waals surface area contributed by atoms with E-state index in [-0.39, 0.29) is 10.6 Å². The molecule has 2 aromatic rings. The first kappa shape index (κ1) is 19.4. The van der Waals surface area contributed by atoms with Crippen LogP contribution in [0.2, 0.25) is 0 Å². The molecule has 1 aromatic heterocycles. The van der Waals surface area contributed by atoms with Crippen molar-refractivity contribution < 1.29 is 4.92 Å². The van der Waals surface area contributed by atoms with Crippen LogP contribution in [0.1, 0.15) is 44.9 Å². The average Bonchev–Trinajstić information content (AvgIpc) is 3.49. The number of rotatable bonds is 5. The molecule has 1 aromatic carbocycles. The van der Waals surface area contributed by atoms with E-state index in [0.29, 0.717) is 23.8 Å². The molecule has 0 radical (unpaired) electrons. The lowest BCUT2D eigenvalue weighted by atomic mass is 9.95. The van der Waals surface area contributed by atoms with E-state index in [9.17, 15) is 10.1 Å². The third kappa shape index (κ3) is 3.90. The molecule has 3 aliphatic carbocycles. The summed E-state index contributed by atoms with van der Waals surface area (Å²) in [5.74, 6) is 1.80. The third-order valence-corrected chi connectivity index (χ3v) is 7.46. The molecule has 3 atom stereocenters. The van der Waals surface area contributed by atoms with Crippen molar-refractivity contribution in [1.29, 1.82) is 0 Å². The largest absolute Gasteiger partial charge is 0.269 e. The summed E-state index contributed by atoms with van der Waals surface area (Å²) in [4.78, 5) is 16.6. The number of nitro benzene ring substituents is 1. The lowest BCUT2D eigenvalue weighted by Crippen LogP contribution is -2.19. The second-order valence-corrected chi connectivity index (χ2v) is 9.49. The molecule has 30 heavy (non-hydrogen) atoms. The Morgan fingerprint density at radius 2 is 1.90 bits per heavy atom. The van der Waals surface area contributed by atoms with Gasteiger partial charge in [0, 0.05) is 35.2 Å². The Bertz CT molecular complexity index is 1040. The number of hydrogen-bond acceptors (Lipinski definition) is 5. The Morgan fingerprint density at radius 3 is 2.57 bits per heavy atom. The van der Waals surface area contributed by atoms with E-state index in [1.165, 1.54) is 32.1 Å². The summed E-state index contributed by atoms with van der Waals surface area (Å²) in [6.45, 7) is 0. The van der Waals surface area contributed by atoms with Gasteiger partial charge in [-0.3, -0.25) is 15.1 Å². The fourth-order valence-electron chi connectivity index (χ4n) is 4.97. The molecule has 0 aliphatic heterocycles. The number of benzene rings is 1. The number of nitro groups is 1. The predicted octanol–water partition coefficient (Wildman–Crippen LogP) is 5.40. The highest BCUT2D eigenvalue weighted by atomic mass is 32.1. The van der Waals surface area contributed by atoms with E-state index in [1.807, 2.05) is 4.68 Å². The highest BCUT2D eigenvalue weighted by molar-refractivity contribution is 7.07. The molecule has 2 fully saturated rings. The first-order valence-electron chi connectivity index (χ1n) is 10.9. The van der Waals surface area contributed by atoms with Gasteiger partial charge in [0.15, 0.2) is 0 Å². The molecule has 0 saturated heterocycles. The van der Waals surface area contributed by atoms with Crippen LogP contribution in [0.3, 0.4) is 0 Å². The Balaban J connectivity index is 1.50. The molecule has 5 rings (SSSR count). The Labute approximate surface area is 179 Å². The summed E-state index contributed by atoms with van der Waals surface area (Å²) in [7, 11) is 0. The number of nitrogens with zero attached hydrogens (tertiary/aromatic N) is 4. The van der Waals surface area contributed by atoms with E-state index < -0.39 is 0 Å². The second-order valence-electron chi connectivity index (χ2n) is 8.65.